The van der Waals surface area contributed by atoms with Gasteiger partial charge in [-0.15, -0.1) is 0 Å². The first kappa shape index (κ1) is 23.8. The van der Waals surface area contributed by atoms with Gasteiger partial charge in [0.2, 0.25) is 15.9 Å². The number of carbonyl (C=O) groups excluding carboxylic acids is 1. The summed E-state index contributed by atoms with van der Waals surface area (Å²) in [7, 11) is -2.22. The highest BCUT2D eigenvalue weighted by Gasteiger charge is 2.32. The monoisotopic (exact) mass is 489 g/mol. The third-order valence-corrected chi connectivity index (χ3v) is 7.24. The third-order valence-electron chi connectivity index (χ3n) is 5.86. The predicted molar refractivity (Wildman–Crippen MR) is 123 cm³/mol. The van der Waals surface area contributed by atoms with Crippen LogP contribution < -0.4 is 9.46 Å². The van der Waals surface area contributed by atoms with Crippen molar-refractivity contribution in [3.8, 4) is 28.0 Å². The van der Waals surface area contributed by atoms with Gasteiger partial charge in [-0.1, -0.05) is 36.4 Å². The van der Waals surface area contributed by atoms with Crippen molar-refractivity contribution in [3.05, 3.63) is 77.4 Å². The largest absolute Gasteiger partial charge is 0.496 e. The van der Waals surface area contributed by atoms with E-state index in [2.05, 4.69) is 0 Å². The Balaban J connectivity index is 1.69. The number of nitrogens with one attached hydrogen (secondary N) is 1. The Morgan fingerprint density at radius 1 is 0.971 bits per heavy atom. The molecule has 0 spiro atoms. The van der Waals surface area contributed by atoms with E-state index in [1.807, 2.05) is 35.1 Å². The molecule has 3 aromatic carbocycles. The van der Waals surface area contributed by atoms with Crippen LogP contribution in [0.3, 0.4) is 0 Å². The minimum Gasteiger partial charge on any atom is -0.496 e. The molecule has 5 nitrogen and oxygen atoms in total. The predicted octanol–water partition coefficient (Wildman–Crippen LogP) is 5.29. The molecule has 0 radical (unpaired) electrons. The summed E-state index contributed by atoms with van der Waals surface area (Å²) in [6.07, 6.45) is -4.36. The molecule has 3 aromatic rings. The smallest absolute Gasteiger partial charge is 0.416 e. The third kappa shape index (κ3) is 4.94. The summed E-state index contributed by atoms with van der Waals surface area (Å²) in [5, 5.41) is 0. The van der Waals surface area contributed by atoms with E-state index in [0.717, 1.165) is 28.8 Å². The summed E-state index contributed by atoms with van der Waals surface area (Å²) < 4.78 is 70.5. The number of hydrogen-bond acceptors (Lipinski definition) is 4. The Hall–Kier alpha value is -3.33. The van der Waals surface area contributed by atoms with Crippen molar-refractivity contribution < 1.29 is 31.1 Å². The zero-order chi connectivity index (χ0) is 24.7. The van der Waals surface area contributed by atoms with E-state index in [-0.39, 0.29) is 12.2 Å². The van der Waals surface area contributed by atoms with Gasteiger partial charge in [-0.3, -0.25) is 9.52 Å². The van der Waals surface area contributed by atoms with E-state index in [4.69, 9.17) is 4.74 Å². The van der Waals surface area contributed by atoms with Gasteiger partial charge in [0.1, 0.15) is 5.75 Å². The van der Waals surface area contributed by atoms with Gasteiger partial charge in [0, 0.05) is 12.3 Å². The molecule has 1 unspecified atom stereocenters. The topological polar surface area (TPSA) is 72.5 Å². The Morgan fingerprint density at radius 3 is 2.32 bits per heavy atom. The number of ether oxygens (including phenoxy) is 1. The average Bonchev–Trinajstić information content (AvgIpc) is 2.76. The lowest BCUT2D eigenvalue weighted by atomic mass is 9.92. The summed E-state index contributed by atoms with van der Waals surface area (Å²) in [5.41, 5.74) is 3.50. The number of benzene rings is 3. The van der Waals surface area contributed by atoms with E-state index in [9.17, 15) is 26.4 Å². The minimum atomic E-state index is -4.40. The standard InChI is InChI=1S/C25H22F3NO4S/c1-15-10-20(25(26,27)28)7-9-21(15)18-5-3-4-16(11-18)17-6-8-22(23(12-17)33-2)19-13-24(30)29-34(31,32)14-19/h3-12,19H,13-14H2,1-2H3,(H,29,30). The minimum absolute atomic E-state index is 0.0393. The highest BCUT2D eigenvalue weighted by atomic mass is 32.2. The van der Waals surface area contributed by atoms with Crippen molar-refractivity contribution in [2.45, 2.75) is 25.4 Å². The van der Waals surface area contributed by atoms with Crippen molar-refractivity contribution in [2.24, 2.45) is 0 Å². The highest BCUT2D eigenvalue weighted by Crippen LogP contribution is 2.37. The molecule has 1 heterocycles. The molecule has 34 heavy (non-hydrogen) atoms. The molecule has 0 saturated carbocycles. The molecule has 1 amide bonds. The van der Waals surface area contributed by atoms with Crippen LogP contribution in [0.1, 0.15) is 29.0 Å². The maximum Gasteiger partial charge on any atom is 0.416 e. The van der Waals surface area contributed by atoms with Gasteiger partial charge >= 0.3 is 6.18 Å². The van der Waals surface area contributed by atoms with Crippen molar-refractivity contribution >= 4 is 15.9 Å². The maximum atomic E-state index is 13.0. The molecule has 4 rings (SSSR count). The Kier molecular flexibility index (Phi) is 6.16. The Morgan fingerprint density at radius 2 is 1.68 bits per heavy atom. The fourth-order valence-electron chi connectivity index (χ4n) is 4.26. The summed E-state index contributed by atoms with van der Waals surface area (Å²) in [4.78, 5) is 11.8. The van der Waals surface area contributed by atoms with Crippen LogP contribution in [-0.4, -0.2) is 27.2 Å². The second kappa shape index (κ2) is 8.79. The second-order valence-electron chi connectivity index (χ2n) is 8.27. The molecule has 1 saturated heterocycles. The van der Waals surface area contributed by atoms with E-state index in [0.29, 0.717) is 22.4 Å². The second-order valence-corrected chi connectivity index (χ2v) is 10.0. The van der Waals surface area contributed by atoms with E-state index in [1.165, 1.54) is 13.2 Å². The molecule has 1 fully saturated rings. The molecular weight excluding hydrogens is 467 g/mol. The zero-order valence-electron chi connectivity index (χ0n) is 18.4. The number of sulfonamides is 1. The van der Waals surface area contributed by atoms with Crippen molar-refractivity contribution in [1.82, 2.24) is 4.72 Å². The Labute approximate surface area is 195 Å². The zero-order valence-corrected chi connectivity index (χ0v) is 19.3. The van der Waals surface area contributed by atoms with Crippen molar-refractivity contribution in [3.63, 3.8) is 0 Å². The lowest BCUT2D eigenvalue weighted by Gasteiger charge is -2.24. The lowest BCUT2D eigenvalue weighted by Crippen LogP contribution is -2.40. The van der Waals surface area contributed by atoms with Crippen LogP contribution in [0.25, 0.3) is 22.3 Å². The van der Waals surface area contributed by atoms with Crippen LogP contribution in [0, 0.1) is 6.92 Å². The summed E-state index contributed by atoms with van der Waals surface area (Å²) in [6, 6.07) is 16.4. The van der Waals surface area contributed by atoms with E-state index in [1.54, 1.807) is 19.1 Å². The molecule has 1 aliphatic rings. The number of alkyl halides is 3. The van der Waals surface area contributed by atoms with Gasteiger partial charge in [0.15, 0.2) is 0 Å². The SMILES string of the molecule is COc1cc(-c2cccc(-c3ccc(C(F)(F)F)cc3C)c2)ccc1C1CC(=O)NS(=O)(=O)C1. The number of halogens is 3. The van der Waals surface area contributed by atoms with Crippen LogP contribution in [0.15, 0.2) is 60.7 Å². The van der Waals surface area contributed by atoms with E-state index >= 15 is 0 Å². The maximum absolute atomic E-state index is 13.0. The average molecular weight is 490 g/mol. The molecule has 1 aliphatic heterocycles. The molecule has 0 aromatic heterocycles. The number of amides is 1. The number of methoxy groups -OCH3 is 1. The van der Waals surface area contributed by atoms with Crippen LogP contribution in [-0.2, 0) is 21.0 Å². The highest BCUT2D eigenvalue weighted by molar-refractivity contribution is 7.90. The van der Waals surface area contributed by atoms with Crippen LogP contribution in [0.4, 0.5) is 13.2 Å². The molecule has 178 valence electrons. The first-order valence-corrected chi connectivity index (χ1v) is 12.1. The first-order valence-electron chi connectivity index (χ1n) is 10.5. The molecule has 0 aliphatic carbocycles. The molecule has 1 atom stereocenters. The van der Waals surface area contributed by atoms with Gasteiger partial charge in [0.25, 0.3) is 0 Å². The fourth-order valence-corrected chi connectivity index (χ4v) is 5.60. The lowest BCUT2D eigenvalue weighted by molar-refractivity contribution is -0.137. The van der Waals surface area contributed by atoms with Gasteiger partial charge in [0.05, 0.1) is 18.4 Å². The fraction of sp³-hybridized carbons (Fsp3) is 0.240. The molecule has 0 bridgehead atoms. The summed E-state index contributed by atoms with van der Waals surface area (Å²) in [6.45, 7) is 1.64. The summed E-state index contributed by atoms with van der Waals surface area (Å²) >= 11 is 0. The van der Waals surface area contributed by atoms with Gasteiger partial charge in [-0.25, -0.2) is 8.42 Å². The van der Waals surface area contributed by atoms with Crippen molar-refractivity contribution in [1.29, 1.82) is 0 Å². The van der Waals surface area contributed by atoms with Gasteiger partial charge in [-0.05, 0) is 64.6 Å². The van der Waals surface area contributed by atoms with E-state index < -0.39 is 33.6 Å². The van der Waals surface area contributed by atoms with Gasteiger partial charge < -0.3 is 4.74 Å². The number of rotatable bonds is 4. The number of aryl methyl sites for hydroxylation is 1. The van der Waals surface area contributed by atoms with Crippen molar-refractivity contribution in [2.75, 3.05) is 12.9 Å². The van der Waals surface area contributed by atoms with Gasteiger partial charge in [-0.2, -0.15) is 13.2 Å². The first-order chi connectivity index (χ1) is 16.0. The Bertz CT molecular complexity index is 1370. The van der Waals surface area contributed by atoms with Crippen LogP contribution >= 0.6 is 0 Å². The normalized spacial score (nSPS) is 17.8. The molecule has 1 N–H and O–H groups in total. The molecule has 9 heteroatoms. The van der Waals surface area contributed by atoms with Crippen LogP contribution in [0.2, 0.25) is 0 Å². The number of carbonyl (C=O) groups is 1. The quantitative estimate of drug-likeness (QED) is 0.541. The molecular formula is C25H22F3NO4S. The number of hydrogen-bond donors (Lipinski definition) is 1. The summed E-state index contributed by atoms with van der Waals surface area (Å²) in [5.74, 6) is -0.827. The van der Waals surface area contributed by atoms with Crippen LogP contribution in [0.5, 0.6) is 5.75 Å².